The van der Waals surface area contributed by atoms with Gasteiger partial charge in [0.25, 0.3) is 0 Å². The van der Waals surface area contributed by atoms with Gasteiger partial charge in [0.1, 0.15) is 12.3 Å². The van der Waals surface area contributed by atoms with E-state index in [1.165, 1.54) is 34.4 Å². The van der Waals surface area contributed by atoms with Crippen LogP contribution in [0.5, 0.6) is 5.75 Å². The van der Waals surface area contributed by atoms with E-state index in [1.54, 1.807) is 24.3 Å². The molecule has 1 heterocycles. The summed E-state index contributed by atoms with van der Waals surface area (Å²) >= 11 is 7.80. The van der Waals surface area contributed by atoms with Crippen LogP contribution in [0.1, 0.15) is 27.2 Å². The fourth-order valence-corrected chi connectivity index (χ4v) is 4.15. The quantitative estimate of drug-likeness (QED) is 0.162. The molecule has 0 bridgehead atoms. The summed E-state index contributed by atoms with van der Waals surface area (Å²) in [6.07, 6.45) is 0.387. The minimum absolute atomic E-state index is 0.0830. The van der Waals surface area contributed by atoms with E-state index in [4.69, 9.17) is 32.9 Å². The lowest BCUT2D eigenvalue weighted by molar-refractivity contribution is -0.144. The molecule has 2 aromatic carbocycles. The van der Waals surface area contributed by atoms with Crippen molar-refractivity contribution in [2.75, 3.05) is 6.54 Å². The first-order valence-corrected chi connectivity index (χ1v) is 11.7. The molecule has 0 atom stereocenters. The maximum atomic E-state index is 12.7. The van der Waals surface area contributed by atoms with E-state index < -0.39 is 11.9 Å². The van der Waals surface area contributed by atoms with E-state index >= 15 is 0 Å². The second-order valence-corrected chi connectivity index (χ2v) is 8.89. The van der Waals surface area contributed by atoms with Crippen LogP contribution >= 0.6 is 22.9 Å². The zero-order chi connectivity index (χ0) is 25.4. The van der Waals surface area contributed by atoms with Gasteiger partial charge in [-0.3, -0.25) is 9.59 Å². The lowest BCUT2D eigenvalue weighted by Crippen LogP contribution is -2.35. The van der Waals surface area contributed by atoms with Gasteiger partial charge in [-0.25, -0.2) is 9.79 Å². The van der Waals surface area contributed by atoms with Crippen molar-refractivity contribution in [3.05, 3.63) is 81.0 Å². The van der Waals surface area contributed by atoms with E-state index in [0.29, 0.717) is 28.3 Å². The molecule has 11 heteroatoms. The summed E-state index contributed by atoms with van der Waals surface area (Å²) < 4.78 is 5.38. The van der Waals surface area contributed by atoms with Crippen LogP contribution in [0.2, 0.25) is 5.02 Å². The van der Waals surface area contributed by atoms with Crippen LogP contribution in [-0.4, -0.2) is 40.4 Å². The Morgan fingerprint density at radius 1 is 1.09 bits per heavy atom. The van der Waals surface area contributed by atoms with Crippen LogP contribution in [0, 0.1) is 0 Å². The van der Waals surface area contributed by atoms with Crippen molar-refractivity contribution in [1.82, 2.24) is 4.90 Å². The highest BCUT2D eigenvalue weighted by Crippen LogP contribution is 2.25. The summed E-state index contributed by atoms with van der Waals surface area (Å²) in [7, 11) is 0. The number of carboxylic acids is 1. The molecule has 1 amide bonds. The van der Waals surface area contributed by atoms with Gasteiger partial charge < -0.3 is 26.2 Å². The predicted octanol–water partition coefficient (Wildman–Crippen LogP) is 3.57. The zero-order valence-corrected chi connectivity index (χ0v) is 20.1. The molecule has 3 aromatic rings. The predicted molar refractivity (Wildman–Crippen MR) is 134 cm³/mol. The Morgan fingerprint density at radius 2 is 1.83 bits per heavy atom. The van der Waals surface area contributed by atoms with Crippen molar-refractivity contribution >= 4 is 52.4 Å². The Balaban J connectivity index is 1.60. The number of carbonyl (C=O) groups is 3. The third kappa shape index (κ3) is 7.83. The Hall–Kier alpha value is -3.89. The van der Waals surface area contributed by atoms with E-state index in [1.807, 2.05) is 17.5 Å². The molecule has 0 unspecified atom stereocenters. The highest BCUT2D eigenvalue weighted by Gasteiger charge is 2.18. The standard InChI is InChI=1S/C24H23ClN4O5S/c25-20-12-18(34-23(33)16-3-7-17(8-4-16)28-24(26)27)9-5-15(20)6-10-21(30)29(14-22(31)32)13-19-2-1-11-35-19/h1-5,7-9,11-12H,6,10,13-14H2,(H,31,32)(H4,26,27,28). The molecular formula is C24H23ClN4O5S. The highest BCUT2D eigenvalue weighted by molar-refractivity contribution is 7.09. The molecule has 35 heavy (non-hydrogen) atoms. The molecule has 0 spiro atoms. The normalized spacial score (nSPS) is 10.4. The number of aliphatic imine (C=N–C) groups is 1. The van der Waals surface area contributed by atoms with Gasteiger partial charge in [-0.05, 0) is 59.8 Å². The van der Waals surface area contributed by atoms with Crippen molar-refractivity contribution in [3.8, 4) is 5.75 Å². The van der Waals surface area contributed by atoms with Crippen LogP contribution in [0.4, 0.5) is 5.69 Å². The van der Waals surface area contributed by atoms with Gasteiger partial charge in [-0.2, -0.15) is 0 Å². The zero-order valence-electron chi connectivity index (χ0n) is 18.5. The summed E-state index contributed by atoms with van der Waals surface area (Å²) in [5.74, 6) is -1.80. The number of esters is 1. The molecule has 0 saturated carbocycles. The molecule has 0 saturated heterocycles. The Kier molecular flexibility index (Phi) is 8.82. The van der Waals surface area contributed by atoms with Gasteiger partial charge >= 0.3 is 11.9 Å². The second kappa shape index (κ2) is 12.0. The van der Waals surface area contributed by atoms with Gasteiger partial charge in [0.05, 0.1) is 17.8 Å². The van der Waals surface area contributed by atoms with Crippen LogP contribution in [0.3, 0.4) is 0 Å². The number of halogens is 1. The average Bonchev–Trinajstić information content (AvgIpc) is 3.31. The number of ether oxygens (including phenoxy) is 1. The summed E-state index contributed by atoms with van der Waals surface area (Å²) in [5, 5.41) is 11.4. The number of carboxylic acid groups (broad SMARTS) is 1. The van der Waals surface area contributed by atoms with Crippen molar-refractivity contribution < 1.29 is 24.2 Å². The Morgan fingerprint density at radius 3 is 2.43 bits per heavy atom. The smallest absolute Gasteiger partial charge is 0.343 e. The van der Waals surface area contributed by atoms with Gasteiger partial charge in [-0.1, -0.05) is 23.7 Å². The maximum Gasteiger partial charge on any atom is 0.343 e. The van der Waals surface area contributed by atoms with Gasteiger partial charge in [0.2, 0.25) is 5.91 Å². The number of benzene rings is 2. The van der Waals surface area contributed by atoms with Crippen LogP contribution in [0.25, 0.3) is 0 Å². The Labute approximate surface area is 210 Å². The summed E-state index contributed by atoms with van der Waals surface area (Å²) in [6.45, 7) is -0.148. The number of amides is 1. The number of nitrogens with zero attached hydrogens (tertiary/aromatic N) is 2. The third-order valence-corrected chi connectivity index (χ3v) is 6.02. The number of aliphatic carboxylic acids is 1. The van der Waals surface area contributed by atoms with E-state index in [-0.39, 0.29) is 37.1 Å². The molecule has 182 valence electrons. The number of carbonyl (C=O) groups excluding carboxylic acids is 2. The van der Waals surface area contributed by atoms with Gasteiger partial charge in [-0.15, -0.1) is 11.3 Å². The minimum Gasteiger partial charge on any atom is -0.480 e. The number of hydrogen-bond donors (Lipinski definition) is 3. The van der Waals surface area contributed by atoms with Crippen LogP contribution < -0.4 is 16.2 Å². The number of thiophene rings is 1. The Bertz CT molecular complexity index is 1230. The monoisotopic (exact) mass is 514 g/mol. The first kappa shape index (κ1) is 25.7. The molecule has 0 radical (unpaired) electrons. The number of aryl methyl sites for hydroxylation is 1. The molecule has 5 N–H and O–H groups in total. The molecule has 0 aliphatic carbocycles. The lowest BCUT2D eigenvalue weighted by Gasteiger charge is -2.20. The highest BCUT2D eigenvalue weighted by atomic mass is 35.5. The summed E-state index contributed by atoms with van der Waals surface area (Å²) in [4.78, 5) is 42.4. The number of nitrogens with two attached hydrogens (primary N) is 2. The topological polar surface area (TPSA) is 148 Å². The number of rotatable bonds is 10. The third-order valence-electron chi connectivity index (χ3n) is 4.81. The molecule has 0 aliphatic rings. The van der Waals surface area contributed by atoms with E-state index in [0.717, 1.165) is 4.88 Å². The first-order chi connectivity index (χ1) is 16.7. The largest absolute Gasteiger partial charge is 0.480 e. The minimum atomic E-state index is -1.08. The fourth-order valence-electron chi connectivity index (χ4n) is 3.17. The second-order valence-electron chi connectivity index (χ2n) is 7.45. The van der Waals surface area contributed by atoms with Gasteiger partial charge in [0, 0.05) is 16.3 Å². The number of hydrogen-bond acceptors (Lipinski definition) is 6. The van der Waals surface area contributed by atoms with E-state index in [9.17, 15) is 14.4 Å². The fraction of sp³-hybridized carbons (Fsp3) is 0.167. The van der Waals surface area contributed by atoms with Crippen molar-refractivity contribution in [2.24, 2.45) is 16.5 Å². The van der Waals surface area contributed by atoms with Crippen molar-refractivity contribution in [3.63, 3.8) is 0 Å². The van der Waals surface area contributed by atoms with Gasteiger partial charge in [0.15, 0.2) is 5.96 Å². The molecular weight excluding hydrogens is 492 g/mol. The molecule has 3 rings (SSSR count). The molecule has 0 fully saturated rings. The van der Waals surface area contributed by atoms with Crippen molar-refractivity contribution in [1.29, 1.82) is 0 Å². The van der Waals surface area contributed by atoms with Crippen LogP contribution in [0.15, 0.2) is 65.0 Å². The maximum absolute atomic E-state index is 12.7. The average molecular weight is 515 g/mol. The number of guanidine groups is 1. The molecule has 0 aliphatic heterocycles. The summed E-state index contributed by atoms with van der Waals surface area (Å²) in [5.41, 5.74) is 12.1. The summed E-state index contributed by atoms with van der Waals surface area (Å²) in [6, 6.07) is 14.7. The molecule has 9 nitrogen and oxygen atoms in total. The SMILES string of the molecule is NC(N)=Nc1ccc(C(=O)Oc2ccc(CCC(=O)N(CC(=O)O)Cc3cccs3)c(Cl)c2)cc1. The van der Waals surface area contributed by atoms with E-state index in [2.05, 4.69) is 4.99 Å². The first-order valence-electron chi connectivity index (χ1n) is 10.4. The molecule has 1 aromatic heterocycles. The lowest BCUT2D eigenvalue weighted by atomic mass is 10.1. The van der Waals surface area contributed by atoms with Crippen molar-refractivity contribution in [2.45, 2.75) is 19.4 Å². The van der Waals surface area contributed by atoms with Crippen LogP contribution in [-0.2, 0) is 22.6 Å².